The van der Waals surface area contributed by atoms with Crippen molar-refractivity contribution in [1.82, 2.24) is 14.8 Å². The zero-order chi connectivity index (χ0) is 26.5. The van der Waals surface area contributed by atoms with Crippen molar-refractivity contribution in [3.63, 3.8) is 0 Å². The average molecular weight is 503 g/mol. The molecule has 0 N–H and O–H groups in total. The molecule has 1 aliphatic rings. The van der Waals surface area contributed by atoms with Crippen molar-refractivity contribution >= 4 is 17.7 Å². The third kappa shape index (κ3) is 6.40. The average Bonchev–Trinajstić information content (AvgIpc) is 2.88. The largest absolute Gasteiger partial charge is 0.416 e. The van der Waals surface area contributed by atoms with Gasteiger partial charge in [-0.3, -0.25) is 14.7 Å². The normalized spacial score (nSPS) is 15.8. The Morgan fingerprint density at radius 3 is 2.49 bits per heavy atom. The summed E-state index contributed by atoms with van der Waals surface area (Å²) in [7, 11) is 1.71. The number of rotatable bonds is 6. The molecule has 3 aromatic rings. The van der Waals surface area contributed by atoms with E-state index in [2.05, 4.69) is 16.5 Å². The van der Waals surface area contributed by atoms with Crippen LogP contribution in [0.5, 0.6) is 0 Å². The zero-order valence-electron chi connectivity index (χ0n) is 21.4. The van der Waals surface area contributed by atoms with Crippen molar-refractivity contribution in [2.75, 3.05) is 31.6 Å². The number of pyridine rings is 1. The lowest BCUT2D eigenvalue weighted by atomic mass is 10.1. The first-order chi connectivity index (χ1) is 17.7. The molecule has 0 unspecified atom stereocenters. The number of hydrogen-bond acceptors (Lipinski definition) is 5. The number of anilines is 1. The predicted molar refractivity (Wildman–Crippen MR) is 142 cm³/mol. The maximum absolute atomic E-state index is 13.5. The fourth-order valence-electron chi connectivity index (χ4n) is 4.39. The number of piperazine rings is 1. The summed E-state index contributed by atoms with van der Waals surface area (Å²) in [5, 5.41) is 0. The van der Waals surface area contributed by atoms with Gasteiger partial charge >= 0.3 is 6.09 Å². The number of ether oxygens (including phenoxy) is 1. The number of amides is 2. The molecular weight excluding hydrogens is 471 g/mol. The van der Waals surface area contributed by atoms with Gasteiger partial charge in [-0.05, 0) is 55.3 Å². The monoisotopic (exact) mass is 502 g/mol. The van der Waals surface area contributed by atoms with Crippen molar-refractivity contribution in [3.05, 3.63) is 96.3 Å². The highest BCUT2D eigenvalue weighted by atomic mass is 19.1. The fraction of sp³-hybridized carbons (Fsp3) is 0.276. The van der Waals surface area contributed by atoms with Crippen molar-refractivity contribution in [1.29, 1.82) is 0 Å². The highest BCUT2D eigenvalue weighted by Crippen LogP contribution is 2.22. The number of hydrogen-bond donors (Lipinski definition) is 0. The fourth-order valence-corrected chi connectivity index (χ4v) is 4.39. The van der Waals surface area contributed by atoms with Gasteiger partial charge in [-0.15, -0.1) is 0 Å². The number of nitrogens with zero attached hydrogens (tertiary/aromatic N) is 4. The topological polar surface area (TPSA) is 66.0 Å². The molecule has 0 bridgehead atoms. The second-order valence-corrected chi connectivity index (χ2v) is 9.32. The van der Waals surface area contributed by atoms with E-state index in [4.69, 9.17) is 4.74 Å². The molecule has 8 heteroatoms. The van der Waals surface area contributed by atoms with Crippen molar-refractivity contribution in [2.24, 2.45) is 0 Å². The quantitative estimate of drug-likeness (QED) is 0.426. The minimum absolute atomic E-state index is 0.0310. The summed E-state index contributed by atoms with van der Waals surface area (Å²) in [5.74, 6) is -0.161. The summed E-state index contributed by atoms with van der Waals surface area (Å²) in [6, 6.07) is 17.6. The molecule has 1 saturated heterocycles. The molecule has 4 rings (SSSR count). The van der Waals surface area contributed by atoms with Crippen molar-refractivity contribution in [3.8, 4) is 11.1 Å². The van der Waals surface area contributed by atoms with Crippen LogP contribution in [-0.4, -0.2) is 59.5 Å². The smallest absolute Gasteiger partial charge is 0.415 e. The van der Waals surface area contributed by atoms with Gasteiger partial charge < -0.3 is 14.5 Å². The molecule has 2 heterocycles. The first kappa shape index (κ1) is 26.0. The number of allylic oxidation sites excluding steroid dienone is 1. The lowest BCUT2D eigenvalue weighted by molar-refractivity contribution is 0.0634. The predicted octanol–water partition coefficient (Wildman–Crippen LogP) is 5.34. The summed E-state index contributed by atoms with van der Waals surface area (Å²) in [6.45, 7) is 10.1. The number of carbonyl (C=O) groups is 2. The van der Waals surface area contributed by atoms with Crippen LogP contribution in [0.4, 0.5) is 14.9 Å². The van der Waals surface area contributed by atoms with Gasteiger partial charge in [0.25, 0.3) is 5.91 Å². The Morgan fingerprint density at radius 2 is 1.86 bits per heavy atom. The molecule has 0 radical (unpaired) electrons. The first-order valence-corrected chi connectivity index (χ1v) is 12.2. The van der Waals surface area contributed by atoms with Crippen LogP contribution in [-0.2, 0) is 11.3 Å². The highest BCUT2D eigenvalue weighted by Gasteiger charge is 2.28. The van der Waals surface area contributed by atoms with E-state index >= 15 is 0 Å². The third-order valence-corrected chi connectivity index (χ3v) is 6.38. The van der Waals surface area contributed by atoms with Crippen LogP contribution in [0.2, 0.25) is 0 Å². The molecule has 0 spiro atoms. The molecule has 2 aromatic carbocycles. The molecular formula is C29H31FN4O3. The van der Waals surface area contributed by atoms with E-state index in [0.29, 0.717) is 23.6 Å². The summed E-state index contributed by atoms with van der Waals surface area (Å²) in [6.07, 6.45) is 1.23. The number of carbonyl (C=O) groups excluding carboxylic acids is 2. The van der Waals surface area contributed by atoms with E-state index < -0.39 is 0 Å². The number of aromatic nitrogens is 1. The van der Waals surface area contributed by atoms with E-state index in [0.717, 1.165) is 36.4 Å². The van der Waals surface area contributed by atoms with Crippen LogP contribution in [0.3, 0.4) is 0 Å². The zero-order valence-corrected chi connectivity index (χ0v) is 21.4. The van der Waals surface area contributed by atoms with Crippen LogP contribution >= 0.6 is 0 Å². The first-order valence-electron chi connectivity index (χ1n) is 12.2. The molecule has 192 valence electrons. The third-order valence-electron chi connectivity index (χ3n) is 6.38. The minimum atomic E-state index is -0.352. The molecule has 7 nitrogen and oxygen atoms in total. The van der Waals surface area contributed by atoms with Gasteiger partial charge in [0.15, 0.2) is 0 Å². The molecule has 1 aliphatic heterocycles. The SMILES string of the molecule is C=C(C)OC(=O)N1CCN(Cc2ccc(N(C)C(=O)c3ccc(-c4cccc(F)c4)cn3)cc2)C[C@@H]1C. The second kappa shape index (κ2) is 11.3. The maximum Gasteiger partial charge on any atom is 0.415 e. The number of benzene rings is 2. The van der Waals surface area contributed by atoms with Gasteiger partial charge in [-0.25, -0.2) is 9.18 Å². The Morgan fingerprint density at radius 1 is 1.11 bits per heavy atom. The van der Waals surface area contributed by atoms with Crippen LogP contribution in [0.25, 0.3) is 11.1 Å². The van der Waals surface area contributed by atoms with Crippen LogP contribution in [0, 0.1) is 5.82 Å². The van der Waals surface area contributed by atoms with Gasteiger partial charge in [0.2, 0.25) is 0 Å². The molecule has 1 atom stereocenters. The van der Waals surface area contributed by atoms with Gasteiger partial charge in [0.1, 0.15) is 11.5 Å². The van der Waals surface area contributed by atoms with Gasteiger partial charge in [0.05, 0.1) is 5.76 Å². The van der Waals surface area contributed by atoms with Crippen molar-refractivity contribution < 1.29 is 18.7 Å². The Labute approximate surface area is 216 Å². The Balaban J connectivity index is 1.34. The summed E-state index contributed by atoms with van der Waals surface area (Å²) in [4.78, 5) is 35.1. The van der Waals surface area contributed by atoms with E-state index in [1.165, 1.54) is 12.1 Å². The van der Waals surface area contributed by atoms with Crippen molar-refractivity contribution in [2.45, 2.75) is 26.4 Å². The molecule has 0 aliphatic carbocycles. The van der Waals surface area contributed by atoms with Crippen LogP contribution in [0.15, 0.2) is 79.2 Å². The van der Waals surface area contributed by atoms with Gasteiger partial charge in [-0.2, -0.15) is 0 Å². The molecule has 1 aromatic heterocycles. The molecule has 37 heavy (non-hydrogen) atoms. The standard InChI is InChI=1S/C29H31FN4O3/c1-20(2)37-29(36)34-15-14-33(18-21(34)3)19-22-8-11-26(12-9-22)32(4)28(35)27-13-10-24(17-31-27)23-6-5-7-25(30)16-23/h5-13,16-17,21H,1,14-15,18-19H2,2-4H3/t21-/m0/s1. The lowest BCUT2D eigenvalue weighted by Crippen LogP contribution is -2.53. The maximum atomic E-state index is 13.5. The molecule has 2 amide bonds. The Kier molecular flexibility index (Phi) is 7.98. The molecule has 0 saturated carbocycles. The summed E-state index contributed by atoms with van der Waals surface area (Å²) >= 11 is 0. The van der Waals surface area contributed by atoms with E-state index in [1.807, 2.05) is 31.2 Å². The van der Waals surface area contributed by atoms with Crippen LogP contribution < -0.4 is 4.90 Å². The van der Waals surface area contributed by atoms with Gasteiger partial charge in [-0.1, -0.05) is 36.9 Å². The van der Waals surface area contributed by atoms with E-state index in [9.17, 15) is 14.0 Å². The summed E-state index contributed by atoms with van der Waals surface area (Å²) in [5.41, 5.74) is 3.63. The Bertz CT molecular complexity index is 1280. The minimum Gasteiger partial charge on any atom is -0.416 e. The second-order valence-electron chi connectivity index (χ2n) is 9.32. The van der Waals surface area contributed by atoms with Crippen LogP contribution in [0.1, 0.15) is 29.9 Å². The number of halogens is 1. The molecule has 1 fully saturated rings. The van der Waals surface area contributed by atoms with E-state index in [1.54, 1.807) is 54.2 Å². The Hall–Kier alpha value is -4.04. The summed E-state index contributed by atoms with van der Waals surface area (Å²) < 4.78 is 18.7. The van der Waals surface area contributed by atoms with E-state index in [-0.39, 0.29) is 23.9 Å². The van der Waals surface area contributed by atoms with Gasteiger partial charge in [0, 0.05) is 56.7 Å². The highest BCUT2D eigenvalue weighted by molar-refractivity contribution is 6.04. The lowest BCUT2D eigenvalue weighted by Gasteiger charge is -2.39.